The average Bonchev–Trinajstić information content (AvgIpc) is 3.09. The van der Waals surface area contributed by atoms with Gasteiger partial charge < -0.3 is 19.9 Å². The summed E-state index contributed by atoms with van der Waals surface area (Å²) in [7, 11) is 1.94. The predicted octanol–water partition coefficient (Wildman–Crippen LogP) is 2.58. The third kappa shape index (κ3) is 4.48. The van der Waals surface area contributed by atoms with Crippen molar-refractivity contribution < 1.29 is 14.8 Å². The fourth-order valence-corrected chi connectivity index (χ4v) is 4.06. The summed E-state index contributed by atoms with van der Waals surface area (Å²) in [6.45, 7) is 3.15. The van der Waals surface area contributed by atoms with Crippen molar-refractivity contribution in [2.45, 2.75) is 19.4 Å². The Balaban J connectivity index is 1.31. The Labute approximate surface area is 178 Å². The Kier molecular flexibility index (Phi) is 5.81. The molecule has 1 aliphatic rings. The second-order valence-corrected chi connectivity index (χ2v) is 7.86. The molecule has 10 heteroatoms. The maximum absolute atomic E-state index is 11.1. The number of carboxylic acid groups (broad SMARTS) is 1. The zero-order valence-corrected chi connectivity index (χ0v) is 17.2. The van der Waals surface area contributed by atoms with E-state index in [4.69, 9.17) is 5.11 Å². The van der Waals surface area contributed by atoms with E-state index in [0.717, 1.165) is 48.9 Å². The summed E-state index contributed by atoms with van der Waals surface area (Å²) in [5, 5.41) is 24.5. The molecule has 2 N–H and O–H groups in total. The van der Waals surface area contributed by atoms with Crippen LogP contribution in [0.2, 0.25) is 0 Å². The number of rotatable bonds is 7. The van der Waals surface area contributed by atoms with Crippen LogP contribution in [0.15, 0.2) is 36.8 Å². The van der Waals surface area contributed by atoms with E-state index >= 15 is 0 Å². The number of anilines is 1. The lowest BCUT2D eigenvalue weighted by Crippen LogP contribution is -2.38. The Morgan fingerprint density at radius 3 is 2.65 bits per heavy atom. The first-order valence-electron chi connectivity index (χ1n) is 10.2. The van der Waals surface area contributed by atoms with Gasteiger partial charge in [-0.25, -0.2) is 14.8 Å². The van der Waals surface area contributed by atoms with Gasteiger partial charge in [-0.3, -0.25) is 10.1 Å². The number of hydrogen-bond acceptors (Lipinski definition) is 7. The van der Waals surface area contributed by atoms with E-state index in [1.54, 1.807) is 12.1 Å². The van der Waals surface area contributed by atoms with E-state index in [9.17, 15) is 14.9 Å². The summed E-state index contributed by atoms with van der Waals surface area (Å²) in [6, 6.07) is 4.96. The molecule has 0 amide bonds. The molecule has 4 rings (SSSR count). The quantitative estimate of drug-likeness (QED) is 0.438. The van der Waals surface area contributed by atoms with Crippen LogP contribution < -0.4 is 10.2 Å². The minimum Gasteiger partial charge on any atom is -0.478 e. The van der Waals surface area contributed by atoms with E-state index in [0.29, 0.717) is 18.4 Å². The first-order valence-corrected chi connectivity index (χ1v) is 10.2. The monoisotopic (exact) mass is 424 g/mol. The highest BCUT2D eigenvalue weighted by atomic mass is 16.6. The molecule has 1 fully saturated rings. The number of aromatic nitrogens is 3. The van der Waals surface area contributed by atoms with Gasteiger partial charge >= 0.3 is 5.97 Å². The van der Waals surface area contributed by atoms with Gasteiger partial charge in [0.15, 0.2) is 0 Å². The number of carbonyl (C=O) groups is 1. The third-order valence-corrected chi connectivity index (χ3v) is 5.80. The molecule has 0 saturated carbocycles. The summed E-state index contributed by atoms with van der Waals surface area (Å²) in [5.41, 5.74) is 2.21. The molecular weight excluding hydrogens is 400 g/mol. The van der Waals surface area contributed by atoms with Crippen molar-refractivity contribution in [3.05, 3.63) is 58.0 Å². The number of carboxylic acids is 1. The van der Waals surface area contributed by atoms with Gasteiger partial charge in [-0.15, -0.1) is 0 Å². The molecule has 31 heavy (non-hydrogen) atoms. The Morgan fingerprint density at radius 2 is 2.00 bits per heavy atom. The van der Waals surface area contributed by atoms with Crippen molar-refractivity contribution in [1.82, 2.24) is 19.9 Å². The zero-order chi connectivity index (χ0) is 22.0. The summed E-state index contributed by atoms with van der Waals surface area (Å²) in [4.78, 5) is 32.1. The highest BCUT2D eigenvalue weighted by Crippen LogP contribution is 2.26. The molecule has 1 aromatic carbocycles. The molecule has 0 unspecified atom stereocenters. The van der Waals surface area contributed by atoms with E-state index in [2.05, 4.69) is 20.2 Å². The number of nitro benzene ring substituents is 1. The molecule has 0 bridgehead atoms. The van der Waals surface area contributed by atoms with Crippen molar-refractivity contribution in [2.75, 3.05) is 24.5 Å². The molecule has 3 aromatic rings. The van der Waals surface area contributed by atoms with Crippen LogP contribution in [-0.4, -0.2) is 50.2 Å². The molecule has 0 radical (unpaired) electrons. The van der Waals surface area contributed by atoms with E-state index < -0.39 is 5.97 Å². The van der Waals surface area contributed by atoms with Crippen molar-refractivity contribution in [2.24, 2.45) is 13.0 Å². The molecule has 3 heterocycles. The fourth-order valence-electron chi connectivity index (χ4n) is 4.06. The van der Waals surface area contributed by atoms with Gasteiger partial charge in [0.25, 0.3) is 5.69 Å². The average molecular weight is 424 g/mol. The van der Waals surface area contributed by atoms with Crippen LogP contribution in [0, 0.1) is 16.0 Å². The molecule has 2 aromatic heterocycles. The Morgan fingerprint density at radius 1 is 1.29 bits per heavy atom. The molecule has 1 saturated heterocycles. The molecule has 1 aliphatic heterocycles. The second-order valence-electron chi connectivity index (χ2n) is 7.86. The van der Waals surface area contributed by atoms with Crippen molar-refractivity contribution >= 4 is 28.5 Å². The second kappa shape index (κ2) is 8.68. The summed E-state index contributed by atoms with van der Waals surface area (Å²) < 4.78 is 1.99. The van der Waals surface area contributed by atoms with Gasteiger partial charge in [0.1, 0.15) is 0 Å². The van der Waals surface area contributed by atoms with Crippen molar-refractivity contribution in [3.63, 3.8) is 0 Å². The van der Waals surface area contributed by atoms with Crippen LogP contribution >= 0.6 is 0 Å². The minimum atomic E-state index is -1.03. The minimum absolute atomic E-state index is 0.0848. The number of nitrogens with zero attached hydrogens (tertiary/aromatic N) is 5. The molecular formula is C21H24N6O4. The molecule has 0 spiro atoms. The fraction of sp³-hybridized carbons (Fsp3) is 0.381. The first-order chi connectivity index (χ1) is 14.9. The standard InChI is InChI=1S/C21H24N6O4/c1-25-13-16(18-8-17(27(30)31)2-3-19(18)25)10-22-9-14-4-6-26(7-5-14)21-23-11-15(12-24-21)20(28)29/h2-3,8,11-14,22H,4-7,9-10H2,1H3,(H,28,29). The number of non-ortho nitro benzene ring substituents is 1. The zero-order valence-electron chi connectivity index (χ0n) is 17.2. The van der Waals surface area contributed by atoms with Gasteiger partial charge in [0.05, 0.1) is 10.5 Å². The first kappa shape index (κ1) is 20.7. The van der Waals surface area contributed by atoms with Crippen LogP contribution in [0.1, 0.15) is 28.8 Å². The van der Waals surface area contributed by atoms with Crippen molar-refractivity contribution in [1.29, 1.82) is 0 Å². The molecule has 10 nitrogen and oxygen atoms in total. The number of benzene rings is 1. The van der Waals surface area contributed by atoms with E-state index in [1.807, 2.05) is 17.8 Å². The molecule has 0 aliphatic carbocycles. The lowest BCUT2D eigenvalue weighted by Gasteiger charge is -2.32. The van der Waals surface area contributed by atoms with E-state index in [-0.39, 0.29) is 16.2 Å². The highest BCUT2D eigenvalue weighted by molar-refractivity contribution is 5.87. The van der Waals surface area contributed by atoms with Crippen LogP contribution in [0.4, 0.5) is 11.6 Å². The Hall–Kier alpha value is -3.53. The van der Waals surface area contributed by atoms with Gasteiger partial charge in [0, 0.05) is 68.3 Å². The molecule has 0 atom stereocenters. The van der Waals surface area contributed by atoms with Gasteiger partial charge in [0.2, 0.25) is 5.95 Å². The largest absolute Gasteiger partial charge is 0.478 e. The SMILES string of the molecule is Cn1cc(CNCC2CCN(c3ncc(C(=O)O)cn3)CC2)c2cc([N+](=O)[O-])ccc21. The number of nitrogens with one attached hydrogen (secondary N) is 1. The smallest absolute Gasteiger partial charge is 0.338 e. The van der Waals surface area contributed by atoms with Gasteiger partial charge in [-0.2, -0.15) is 0 Å². The number of hydrogen-bond donors (Lipinski definition) is 2. The van der Waals surface area contributed by atoms with Crippen LogP contribution in [0.5, 0.6) is 0 Å². The third-order valence-electron chi connectivity index (χ3n) is 5.80. The Bertz CT molecular complexity index is 1100. The highest BCUT2D eigenvalue weighted by Gasteiger charge is 2.21. The summed E-state index contributed by atoms with van der Waals surface area (Å²) in [5.74, 6) is 0.0461. The number of nitro groups is 1. The lowest BCUT2D eigenvalue weighted by molar-refractivity contribution is -0.384. The predicted molar refractivity (Wildman–Crippen MR) is 115 cm³/mol. The van der Waals surface area contributed by atoms with Crippen LogP contribution in [-0.2, 0) is 13.6 Å². The van der Waals surface area contributed by atoms with Gasteiger partial charge in [-0.1, -0.05) is 0 Å². The maximum Gasteiger partial charge on any atom is 0.338 e. The normalized spacial score (nSPS) is 14.8. The lowest BCUT2D eigenvalue weighted by atomic mass is 9.97. The summed E-state index contributed by atoms with van der Waals surface area (Å²) >= 11 is 0. The van der Waals surface area contributed by atoms with Gasteiger partial charge in [-0.05, 0) is 36.9 Å². The number of fused-ring (bicyclic) bond motifs is 1. The van der Waals surface area contributed by atoms with Crippen LogP contribution in [0.3, 0.4) is 0 Å². The number of aryl methyl sites for hydroxylation is 1. The van der Waals surface area contributed by atoms with E-state index in [1.165, 1.54) is 18.5 Å². The number of aromatic carboxylic acids is 1. The topological polar surface area (TPSA) is 126 Å². The van der Waals surface area contributed by atoms with Crippen LogP contribution in [0.25, 0.3) is 10.9 Å². The number of piperidine rings is 1. The molecule has 162 valence electrons. The summed E-state index contributed by atoms with van der Waals surface area (Å²) in [6.07, 6.45) is 6.66. The van der Waals surface area contributed by atoms with Crippen molar-refractivity contribution in [3.8, 4) is 0 Å². The maximum atomic E-state index is 11.1.